The van der Waals surface area contributed by atoms with Gasteiger partial charge in [0.2, 0.25) is 0 Å². The largest absolute Gasteiger partial charge is 0.466 e. The van der Waals surface area contributed by atoms with Gasteiger partial charge in [-0.3, -0.25) is 9.59 Å². The van der Waals surface area contributed by atoms with E-state index in [4.69, 9.17) is 9.47 Å². The minimum atomic E-state index is -0.0905. The molecule has 0 radical (unpaired) electrons. The Labute approximate surface area is 172 Å². The normalized spacial score (nSPS) is 28.9. The van der Waals surface area contributed by atoms with Crippen molar-refractivity contribution in [2.45, 2.75) is 111 Å². The lowest BCUT2D eigenvalue weighted by Crippen LogP contribution is -2.33. The number of unbranched alkanes of at least 4 members (excludes halogenated alkanes) is 5. The van der Waals surface area contributed by atoms with Crippen molar-refractivity contribution in [3.05, 3.63) is 0 Å². The number of esters is 2. The molecule has 0 aliphatic heterocycles. The predicted octanol–water partition coefficient (Wildman–Crippen LogP) is 6.06. The summed E-state index contributed by atoms with van der Waals surface area (Å²) in [7, 11) is 0. The number of fused-ring (bicyclic) bond motifs is 1. The molecule has 2 rings (SSSR count). The fourth-order valence-electron chi connectivity index (χ4n) is 5.97. The molecule has 0 amide bonds. The summed E-state index contributed by atoms with van der Waals surface area (Å²) in [6.45, 7) is 11.5. The molecule has 0 bridgehead atoms. The first-order chi connectivity index (χ1) is 13.3. The van der Waals surface area contributed by atoms with E-state index in [0.717, 1.165) is 44.4 Å². The van der Waals surface area contributed by atoms with Gasteiger partial charge in [-0.1, -0.05) is 52.9 Å². The Morgan fingerprint density at radius 3 is 2.14 bits per heavy atom. The monoisotopic (exact) mass is 394 g/mol. The van der Waals surface area contributed by atoms with Crippen LogP contribution < -0.4 is 0 Å². The Kier molecular flexibility index (Phi) is 8.39. The first-order valence-electron chi connectivity index (χ1n) is 11.6. The molecule has 0 spiro atoms. The van der Waals surface area contributed by atoms with E-state index in [9.17, 15) is 9.59 Å². The molecule has 4 atom stereocenters. The summed E-state index contributed by atoms with van der Waals surface area (Å²) < 4.78 is 10.8. The second-order valence-electron chi connectivity index (χ2n) is 9.76. The number of hydrogen-bond donors (Lipinski definition) is 0. The maximum absolute atomic E-state index is 12.3. The van der Waals surface area contributed by atoms with Gasteiger partial charge in [-0.2, -0.15) is 0 Å². The van der Waals surface area contributed by atoms with Crippen LogP contribution in [0.1, 0.15) is 105 Å². The SMILES string of the molecule is CCOC(=O)CCCCCCCCC(=O)OC(C)C12CC(C)CCC1C2(C)C. The van der Waals surface area contributed by atoms with Gasteiger partial charge < -0.3 is 9.47 Å². The van der Waals surface area contributed by atoms with Crippen LogP contribution in [0.15, 0.2) is 0 Å². The van der Waals surface area contributed by atoms with Crippen molar-refractivity contribution in [1.82, 2.24) is 0 Å². The molecule has 2 aliphatic carbocycles. The highest BCUT2D eigenvalue weighted by molar-refractivity contribution is 5.69. The molecule has 162 valence electrons. The van der Waals surface area contributed by atoms with E-state index in [0.29, 0.717) is 30.8 Å². The zero-order valence-corrected chi connectivity index (χ0v) is 18.9. The lowest BCUT2D eigenvalue weighted by Gasteiger charge is -2.33. The zero-order valence-electron chi connectivity index (χ0n) is 18.9. The molecule has 2 saturated carbocycles. The molecule has 4 unspecified atom stereocenters. The number of rotatable bonds is 12. The maximum atomic E-state index is 12.3. The van der Waals surface area contributed by atoms with E-state index in [1.165, 1.54) is 19.3 Å². The van der Waals surface area contributed by atoms with Crippen LogP contribution in [-0.4, -0.2) is 24.6 Å². The van der Waals surface area contributed by atoms with Crippen molar-refractivity contribution in [2.24, 2.45) is 22.7 Å². The van der Waals surface area contributed by atoms with E-state index in [1.54, 1.807) is 0 Å². The van der Waals surface area contributed by atoms with Crippen LogP contribution in [0.5, 0.6) is 0 Å². The Balaban J connectivity index is 1.57. The topological polar surface area (TPSA) is 52.6 Å². The molecule has 0 saturated heterocycles. The smallest absolute Gasteiger partial charge is 0.306 e. The molecule has 0 aromatic carbocycles. The maximum Gasteiger partial charge on any atom is 0.306 e. The Hall–Kier alpha value is -1.06. The van der Waals surface area contributed by atoms with Crippen molar-refractivity contribution in [1.29, 1.82) is 0 Å². The zero-order chi connectivity index (χ0) is 20.8. The Morgan fingerprint density at radius 2 is 1.54 bits per heavy atom. The third-order valence-corrected chi connectivity index (χ3v) is 7.59. The molecule has 0 aromatic heterocycles. The average molecular weight is 395 g/mol. The van der Waals surface area contributed by atoms with Gasteiger partial charge in [-0.25, -0.2) is 0 Å². The predicted molar refractivity (Wildman–Crippen MR) is 112 cm³/mol. The van der Waals surface area contributed by atoms with Crippen LogP contribution in [0.2, 0.25) is 0 Å². The van der Waals surface area contributed by atoms with Crippen LogP contribution >= 0.6 is 0 Å². The second kappa shape index (κ2) is 10.1. The van der Waals surface area contributed by atoms with Gasteiger partial charge in [0.1, 0.15) is 6.10 Å². The summed E-state index contributed by atoms with van der Waals surface area (Å²) in [6.07, 6.45) is 11.0. The van der Waals surface area contributed by atoms with Crippen LogP contribution in [0.25, 0.3) is 0 Å². The number of ether oxygens (including phenoxy) is 2. The summed E-state index contributed by atoms with van der Waals surface area (Å²) >= 11 is 0. The quantitative estimate of drug-likeness (QED) is 0.298. The summed E-state index contributed by atoms with van der Waals surface area (Å²) in [4.78, 5) is 23.6. The lowest BCUT2D eigenvalue weighted by molar-refractivity contribution is -0.154. The van der Waals surface area contributed by atoms with Crippen LogP contribution in [0.3, 0.4) is 0 Å². The van der Waals surface area contributed by atoms with Gasteiger partial charge in [0.15, 0.2) is 0 Å². The molecule has 4 nitrogen and oxygen atoms in total. The van der Waals surface area contributed by atoms with Gasteiger partial charge >= 0.3 is 11.9 Å². The molecule has 0 aromatic rings. The summed E-state index contributed by atoms with van der Waals surface area (Å²) in [5, 5.41) is 0. The van der Waals surface area contributed by atoms with Crippen molar-refractivity contribution in [3.8, 4) is 0 Å². The van der Waals surface area contributed by atoms with E-state index in [-0.39, 0.29) is 23.5 Å². The third-order valence-electron chi connectivity index (χ3n) is 7.59. The molecule has 2 aliphatic rings. The fraction of sp³-hybridized carbons (Fsp3) is 0.917. The number of carbonyl (C=O) groups excluding carboxylic acids is 2. The van der Waals surface area contributed by atoms with Gasteiger partial charge in [0, 0.05) is 18.3 Å². The highest BCUT2D eigenvalue weighted by Crippen LogP contribution is 2.77. The molecule has 28 heavy (non-hydrogen) atoms. The van der Waals surface area contributed by atoms with Crippen molar-refractivity contribution in [3.63, 3.8) is 0 Å². The molecule has 0 N–H and O–H groups in total. The average Bonchev–Trinajstić information content (AvgIpc) is 3.13. The van der Waals surface area contributed by atoms with E-state index < -0.39 is 0 Å². The summed E-state index contributed by atoms with van der Waals surface area (Å²) in [5.41, 5.74) is 0.514. The highest BCUT2D eigenvalue weighted by Gasteiger charge is 2.74. The fourth-order valence-corrected chi connectivity index (χ4v) is 5.97. The third kappa shape index (κ3) is 5.30. The van der Waals surface area contributed by atoms with Crippen LogP contribution in [0.4, 0.5) is 0 Å². The minimum absolute atomic E-state index is 0.0242. The van der Waals surface area contributed by atoms with E-state index >= 15 is 0 Å². The standard InChI is InChI=1S/C24H42O4/c1-6-27-21(25)13-11-9-7-8-10-12-14-22(26)28-19(3)24-17-18(2)15-16-20(24)23(24,4)5/h18-20H,6-17H2,1-5H3. The second-order valence-corrected chi connectivity index (χ2v) is 9.76. The van der Waals surface area contributed by atoms with E-state index in [1.807, 2.05) is 6.92 Å². The number of hydrogen-bond acceptors (Lipinski definition) is 4. The van der Waals surface area contributed by atoms with Gasteiger partial charge in [-0.15, -0.1) is 0 Å². The van der Waals surface area contributed by atoms with Gasteiger partial charge in [0.05, 0.1) is 6.61 Å². The molecule has 4 heteroatoms. The minimum Gasteiger partial charge on any atom is -0.466 e. The molecule has 2 fully saturated rings. The van der Waals surface area contributed by atoms with Crippen molar-refractivity contribution < 1.29 is 19.1 Å². The van der Waals surface area contributed by atoms with Crippen LogP contribution in [0, 0.1) is 22.7 Å². The summed E-state index contributed by atoms with van der Waals surface area (Å²) in [5.74, 6) is 1.34. The lowest BCUT2D eigenvalue weighted by atomic mass is 9.77. The van der Waals surface area contributed by atoms with Crippen molar-refractivity contribution in [2.75, 3.05) is 6.61 Å². The van der Waals surface area contributed by atoms with Gasteiger partial charge in [0.25, 0.3) is 0 Å². The number of carbonyl (C=O) groups is 2. The molecule has 0 heterocycles. The molecular formula is C24H42O4. The molecular weight excluding hydrogens is 352 g/mol. The van der Waals surface area contributed by atoms with Crippen LogP contribution in [-0.2, 0) is 19.1 Å². The first kappa shape index (κ1) is 23.2. The summed E-state index contributed by atoms with van der Waals surface area (Å²) in [6, 6.07) is 0. The van der Waals surface area contributed by atoms with Gasteiger partial charge in [-0.05, 0) is 56.8 Å². The van der Waals surface area contributed by atoms with E-state index in [2.05, 4.69) is 27.7 Å². The van der Waals surface area contributed by atoms with Crippen molar-refractivity contribution >= 4 is 11.9 Å². The Bertz CT molecular complexity index is 527. The highest BCUT2D eigenvalue weighted by atomic mass is 16.5. The first-order valence-corrected chi connectivity index (χ1v) is 11.6. The Morgan fingerprint density at radius 1 is 0.964 bits per heavy atom.